The molecule has 4 rings (SSSR count). The highest BCUT2D eigenvalue weighted by molar-refractivity contribution is 5.69. The molecule has 270 valence electrons. The summed E-state index contributed by atoms with van der Waals surface area (Å²) in [4.78, 5) is 12.8. The molecule has 2 nitrogen and oxygen atoms in total. The fourth-order valence-corrected chi connectivity index (χ4v) is 11.3. The summed E-state index contributed by atoms with van der Waals surface area (Å²) in [5.41, 5.74) is 2.53. The normalized spacial score (nSPS) is 32.6. The Bertz CT molecular complexity index is 976. The second-order valence-electron chi connectivity index (χ2n) is 18.0. The number of hydrogen-bond acceptors (Lipinski definition) is 2. The van der Waals surface area contributed by atoms with Crippen molar-refractivity contribution in [2.45, 2.75) is 208 Å². The Morgan fingerprint density at radius 1 is 0.809 bits per heavy atom. The molecule has 0 heterocycles. The van der Waals surface area contributed by atoms with Crippen molar-refractivity contribution in [2.24, 2.45) is 46.3 Å². The molecule has 2 heteroatoms. The minimum atomic E-state index is 0.0541. The van der Waals surface area contributed by atoms with Crippen LogP contribution >= 0.6 is 0 Å². The molecule has 0 saturated heterocycles. The van der Waals surface area contributed by atoms with E-state index < -0.39 is 0 Å². The first-order valence-electron chi connectivity index (χ1n) is 21.2. The minimum absolute atomic E-state index is 0.0541. The lowest BCUT2D eigenvalue weighted by molar-refractivity contribution is -0.151. The van der Waals surface area contributed by atoms with Crippen LogP contribution < -0.4 is 0 Å². The molecule has 0 spiro atoms. The van der Waals surface area contributed by atoms with Gasteiger partial charge in [-0.2, -0.15) is 0 Å². The van der Waals surface area contributed by atoms with Crippen LogP contribution in [0, 0.1) is 46.3 Å². The van der Waals surface area contributed by atoms with Crippen molar-refractivity contribution in [1.29, 1.82) is 0 Å². The molecule has 0 aromatic heterocycles. The number of ether oxygens (including phenoxy) is 1. The van der Waals surface area contributed by atoms with Crippen LogP contribution in [-0.4, -0.2) is 12.1 Å². The van der Waals surface area contributed by atoms with Gasteiger partial charge >= 0.3 is 5.97 Å². The van der Waals surface area contributed by atoms with E-state index in [1.807, 2.05) is 0 Å². The molecule has 0 bridgehead atoms. The number of esters is 1. The standard InChI is InChI=1S/C45H78O2/c1-7-8-9-10-11-12-13-14-15-16-17-18-19-20-21-25-43(46)47-38-30-32-44(5)37(34-38)26-27-39-41-29-28-40(36(4)24-22-23-35(2)3)45(41,6)33-31-42(39)44/h14-15,26,35-36,38-42H,7-13,16-25,27-34H2,1-6H3/b15-14-/t36-,38+,39-,40+,41-,42-,44-,45+/m0/s1. The molecule has 0 unspecified atom stereocenters. The first-order valence-corrected chi connectivity index (χ1v) is 21.2. The maximum atomic E-state index is 12.8. The number of carbonyl (C=O) groups is 1. The lowest BCUT2D eigenvalue weighted by Gasteiger charge is -2.58. The lowest BCUT2D eigenvalue weighted by atomic mass is 9.47. The van der Waals surface area contributed by atoms with Crippen molar-refractivity contribution < 1.29 is 9.53 Å². The van der Waals surface area contributed by atoms with Crippen LogP contribution in [-0.2, 0) is 9.53 Å². The Balaban J connectivity index is 1.12. The van der Waals surface area contributed by atoms with Crippen LogP contribution in [0.5, 0.6) is 0 Å². The van der Waals surface area contributed by atoms with Crippen molar-refractivity contribution in [2.75, 3.05) is 0 Å². The van der Waals surface area contributed by atoms with E-state index in [9.17, 15) is 4.79 Å². The molecular formula is C45H78O2. The van der Waals surface area contributed by atoms with Gasteiger partial charge in [0.25, 0.3) is 0 Å². The number of fused-ring (bicyclic) bond motifs is 5. The van der Waals surface area contributed by atoms with Crippen LogP contribution in [0.2, 0.25) is 0 Å². The highest BCUT2D eigenvalue weighted by atomic mass is 16.5. The summed E-state index contributed by atoms with van der Waals surface area (Å²) in [5, 5.41) is 0. The number of hydrogen-bond donors (Lipinski definition) is 0. The van der Waals surface area contributed by atoms with E-state index in [0.29, 0.717) is 17.3 Å². The fourth-order valence-electron chi connectivity index (χ4n) is 11.3. The maximum absolute atomic E-state index is 12.8. The molecule has 3 fully saturated rings. The predicted molar refractivity (Wildman–Crippen MR) is 202 cm³/mol. The number of rotatable bonds is 21. The maximum Gasteiger partial charge on any atom is 0.306 e. The fraction of sp³-hybridized carbons (Fsp3) is 0.889. The quantitative estimate of drug-likeness (QED) is 0.0702. The molecule has 0 radical (unpaired) electrons. The lowest BCUT2D eigenvalue weighted by Crippen LogP contribution is -2.51. The van der Waals surface area contributed by atoms with E-state index in [1.165, 1.54) is 128 Å². The highest BCUT2D eigenvalue weighted by Gasteiger charge is 2.59. The van der Waals surface area contributed by atoms with E-state index in [2.05, 4.69) is 59.8 Å². The molecular weight excluding hydrogens is 572 g/mol. The zero-order valence-corrected chi connectivity index (χ0v) is 32.3. The van der Waals surface area contributed by atoms with E-state index in [-0.39, 0.29) is 12.1 Å². The molecule has 4 aliphatic carbocycles. The molecule has 0 aromatic carbocycles. The summed E-state index contributed by atoms with van der Waals surface area (Å²) in [6, 6.07) is 0. The highest BCUT2D eigenvalue weighted by Crippen LogP contribution is 2.67. The van der Waals surface area contributed by atoms with E-state index in [4.69, 9.17) is 4.74 Å². The first kappa shape index (κ1) is 38.7. The predicted octanol–water partition coefficient (Wildman–Crippen LogP) is 14.0. The van der Waals surface area contributed by atoms with Crippen molar-refractivity contribution >= 4 is 5.97 Å². The summed E-state index contributed by atoms with van der Waals surface area (Å²) in [6.07, 6.45) is 39.5. The van der Waals surface area contributed by atoms with Gasteiger partial charge in [-0.3, -0.25) is 4.79 Å². The molecule has 0 N–H and O–H groups in total. The van der Waals surface area contributed by atoms with Gasteiger partial charge in [0, 0.05) is 12.8 Å². The number of carbonyl (C=O) groups excluding carboxylic acids is 1. The SMILES string of the molecule is CCCCCCCC/C=C\CCCCCCCC(=O)O[C@@H]1CC[C@@]2(C)C(=CC[C@H]3[C@@H]4CC[C@H]([C@@H](C)CCCC(C)C)[C@@]4(C)CC[C@@H]32)C1. The van der Waals surface area contributed by atoms with Crippen molar-refractivity contribution in [3.05, 3.63) is 23.8 Å². The Morgan fingerprint density at radius 2 is 1.49 bits per heavy atom. The molecule has 0 amide bonds. The summed E-state index contributed by atoms with van der Waals surface area (Å²) in [5.74, 6) is 5.31. The van der Waals surface area contributed by atoms with Crippen molar-refractivity contribution in [3.63, 3.8) is 0 Å². The Kier molecular flexibility index (Phi) is 16.0. The molecule has 8 atom stereocenters. The second kappa shape index (κ2) is 19.4. The van der Waals surface area contributed by atoms with Gasteiger partial charge in [0.1, 0.15) is 6.10 Å². The Hall–Kier alpha value is -1.05. The largest absolute Gasteiger partial charge is 0.462 e. The first-order chi connectivity index (χ1) is 22.7. The molecule has 0 aromatic rings. The topological polar surface area (TPSA) is 26.3 Å². The van der Waals surface area contributed by atoms with E-state index in [0.717, 1.165) is 61.2 Å². The molecule has 4 aliphatic rings. The average molecular weight is 651 g/mol. The van der Waals surface area contributed by atoms with Crippen LogP contribution in [0.1, 0.15) is 202 Å². The second-order valence-corrected chi connectivity index (χ2v) is 18.0. The third-order valence-corrected chi connectivity index (χ3v) is 14.2. The third-order valence-electron chi connectivity index (χ3n) is 14.2. The van der Waals surface area contributed by atoms with E-state index in [1.54, 1.807) is 5.57 Å². The van der Waals surface area contributed by atoms with Crippen molar-refractivity contribution in [3.8, 4) is 0 Å². The molecule has 3 saturated carbocycles. The van der Waals surface area contributed by atoms with Crippen LogP contribution in [0.15, 0.2) is 23.8 Å². The van der Waals surface area contributed by atoms with Gasteiger partial charge in [0.05, 0.1) is 0 Å². The van der Waals surface area contributed by atoms with Gasteiger partial charge in [-0.25, -0.2) is 0 Å². The van der Waals surface area contributed by atoms with Gasteiger partial charge in [0.2, 0.25) is 0 Å². The smallest absolute Gasteiger partial charge is 0.306 e. The minimum Gasteiger partial charge on any atom is -0.462 e. The van der Waals surface area contributed by atoms with Crippen LogP contribution in [0.4, 0.5) is 0 Å². The summed E-state index contributed by atoms with van der Waals surface area (Å²) in [6.45, 7) is 14.9. The van der Waals surface area contributed by atoms with Gasteiger partial charge in [0.15, 0.2) is 0 Å². The van der Waals surface area contributed by atoms with Gasteiger partial charge in [-0.15, -0.1) is 0 Å². The van der Waals surface area contributed by atoms with Crippen molar-refractivity contribution in [1.82, 2.24) is 0 Å². The summed E-state index contributed by atoms with van der Waals surface area (Å²) in [7, 11) is 0. The zero-order valence-electron chi connectivity index (χ0n) is 32.3. The number of unbranched alkanes of at least 4 members (excludes halogenated alkanes) is 11. The summed E-state index contributed by atoms with van der Waals surface area (Å²) >= 11 is 0. The number of allylic oxidation sites excluding steroid dienone is 3. The third kappa shape index (κ3) is 10.7. The van der Waals surface area contributed by atoms with Gasteiger partial charge in [-0.1, -0.05) is 136 Å². The molecule has 47 heavy (non-hydrogen) atoms. The molecule has 0 aliphatic heterocycles. The Labute approximate surface area is 293 Å². The summed E-state index contributed by atoms with van der Waals surface area (Å²) < 4.78 is 6.12. The van der Waals surface area contributed by atoms with Gasteiger partial charge < -0.3 is 4.74 Å². The Morgan fingerprint density at radius 3 is 2.19 bits per heavy atom. The van der Waals surface area contributed by atoms with Crippen LogP contribution in [0.25, 0.3) is 0 Å². The monoisotopic (exact) mass is 651 g/mol. The van der Waals surface area contributed by atoms with E-state index >= 15 is 0 Å². The zero-order chi connectivity index (χ0) is 33.7. The van der Waals surface area contributed by atoms with Crippen LogP contribution in [0.3, 0.4) is 0 Å². The average Bonchev–Trinajstić information content (AvgIpc) is 3.40. The van der Waals surface area contributed by atoms with Gasteiger partial charge in [-0.05, 0) is 123 Å².